The maximum atomic E-state index is 13.8. The Labute approximate surface area is 181 Å². The standard InChI is InChI=1S/C19H26F2N8.C2H6/c20-19(21)4-7-29(12-19)17-11-16(28-8-5-22-6-9-28)24-18(25-17)23-15-10-14(26-27-15)13-2-1-3-13;1-2/h10-11,13,22H,1-9,12H2,(H2,23,24,25,26,27);1-2H3. The molecule has 3 N–H and O–H groups in total. The number of aromatic amines is 1. The molecule has 2 saturated heterocycles. The summed E-state index contributed by atoms with van der Waals surface area (Å²) in [5.41, 5.74) is 1.12. The third-order valence-electron chi connectivity index (χ3n) is 6.02. The normalized spacial score (nSPS) is 20.8. The zero-order valence-corrected chi connectivity index (χ0v) is 18.3. The van der Waals surface area contributed by atoms with Crippen LogP contribution in [0, 0.1) is 0 Å². The average Bonchev–Trinajstić information content (AvgIpc) is 3.34. The summed E-state index contributed by atoms with van der Waals surface area (Å²) in [6.45, 7) is 7.36. The molecule has 4 heterocycles. The second-order valence-corrected chi connectivity index (χ2v) is 8.13. The van der Waals surface area contributed by atoms with Gasteiger partial charge in [0.2, 0.25) is 5.95 Å². The summed E-state index contributed by atoms with van der Waals surface area (Å²) in [7, 11) is 0. The van der Waals surface area contributed by atoms with Gasteiger partial charge in [0, 0.05) is 62.9 Å². The lowest BCUT2D eigenvalue weighted by atomic mass is 9.83. The Morgan fingerprint density at radius 3 is 2.35 bits per heavy atom. The summed E-state index contributed by atoms with van der Waals surface area (Å²) < 4.78 is 27.5. The minimum atomic E-state index is -2.67. The van der Waals surface area contributed by atoms with E-state index in [1.54, 1.807) is 4.90 Å². The summed E-state index contributed by atoms with van der Waals surface area (Å²) in [4.78, 5) is 13.0. The molecule has 170 valence electrons. The van der Waals surface area contributed by atoms with Crippen molar-refractivity contribution < 1.29 is 8.78 Å². The molecule has 0 aromatic carbocycles. The molecule has 2 aromatic heterocycles. The van der Waals surface area contributed by atoms with Crippen LogP contribution in [0.25, 0.3) is 0 Å². The van der Waals surface area contributed by atoms with E-state index in [4.69, 9.17) is 0 Å². The fourth-order valence-corrected chi connectivity index (χ4v) is 4.07. The lowest BCUT2D eigenvalue weighted by molar-refractivity contribution is 0.0256. The highest BCUT2D eigenvalue weighted by molar-refractivity contribution is 5.59. The molecule has 0 bridgehead atoms. The van der Waals surface area contributed by atoms with E-state index in [0.29, 0.717) is 30.0 Å². The summed E-state index contributed by atoms with van der Waals surface area (Å²) in [6, 6.07) is 3.82. The number of nitrogens with zero attached hydrogens (tertiary/aromatic N) is 5. The van der Waals surface area contributed by atoms with Crippen LogP contribution in [0.1, 0.15) is 51.1 Å². The van der Waals surface area contributed by atoms with E-state index in [2.05, 4.69) is 35.7 Å². The Morgan fingerprint density at radius 1 is 1.03 bits per heavy atom. The Kier molecular flexibility index (Phi) is 6.54. The number of anilines is 4. The van der Waals surface area contributed by atoms with Crippen LogP contribution in [0.5, 0.6) is 0 Å². The van der Waals surface area contributed by atoms with Gasteiger partial charge in [-0.3, -0.25) is 5.10 Å². The molecule has 0 amide bonds. The highest BCUT2D eigenvalue weighted by atomic mass is 19.3. The van der Waals surface area contributed by atoms with Crippen LogP contribution in [-0.4, -0.2) is 65.4 Å². The number of H-pyrrole nitrogens is 1. The molecular weight excluding hydrogens is 402 g/mol. The van der Waals surface area contributed by atoms with Crippen molar-refractivity contribution in [2.24, 2.45) is 0 Å². The van der Waals surface area contributed by atoms with Crippen LogP contribution in [0.2, 0.25) is 0 Å². The SMILES string of the molecule is CC.FC1(F)CCN(c2cc(N3CCNCC3)nc(Nc3cc(C4CCC4)[nH]n3)n2)C1. The van der Waals surface area contributed by atoms with E-state index in [1.807, 2.05) is 26.0 Å². The zero-order chi connectivity index (χ0) is 21.8. The van der Waals surface area contributed by atoms with E-state index >= 15 is 0 Å². The van der Waals surface area contributed by atoms with Crippen LogP contribution in [-0.2, 0) is 0 Å². The van der Waals surface area contributed by atoms with Crippen molar-refractivity contribution in [3.63, 3.8) is 0 Å². The monoisotopic (exact) mass is 434 g/mol. The molecule has 31 heavy (non-hydrogen) atoms. The molecule has 8 nitrogen and oxygen atoms in total. The number of halogens is 2. The highest BCUT2D eigenvalue weighted by Gasteiger charge is 2.39. The van der Waals surface area contributed by atoms with Gasteiger partial charge in [0.05, 0.1) is 6.54 Å². The van der Waals surface area contributed by atoms with Crippen LogP contribution in [0.15, 0.2) is 12.1 Å². The van der Waals surface area contributed by atoms with Crippen molar-refractivity contribution in [1.82, 2.24) is 25.5 Å². The smallest absolute Gasteiger partial charge is 0.266 e. The zero-order valence-electron chi connectivity index (χ0n) is 18.3. The molecule has 1 aliphatic carbocycles. The minimum Gasteiger partial charge on any atom is -0.354 e. The van der Waals surface area contributed by atoms with E-state index in [9.17, 15) is 8.78 Å². The number of nitrogens with one attached hydrogen (secondary N) is 3. The van der Waals surface area contributed by atoms with Gasteiger partial charge in [0.15, 0.2) is 5.82 Å². The number of hydrogen-bond acceptors (Lipinski definition) is 7. The maximum absolute atomic E-state index is 13.8. The highest BCUT2D eigenvalue weighted by Crippen LogP contribution is 2.36. The molecular formula is C21H32F2N8. The molecule has 0 radical (unpaired) electrons. The number of aromatic nitrogens is 4. The van der Waals surface area contributed by atoms with Crippen molar-refractivity contribution >= 4 is 23.4 Å². The molecule has 0 unspecified atom stereocenters. The van der Waals surface area contributed by atoms with E-state index < -0.39 is 5.92 Å². The molecule has 2 aromatic rings. The quantitative estimate of drug-likeness (QED) is 0.664. The number of alkyl halides is 2. The first-order valence-corrected chi connectivity index (χ1v) is 11.4. The van der Waals surface area contributed by atoms with Crippen molar-refractivity contribution in [2.45, 2.75) is 51.4 Å². The Morgan fingerprint density at radius 2 is 1.74 bits per heavy atom. The van der Waals surface area contributed by atoms with E-state index in [1.165, 1.54) is 19.3 Å². The second-order valence-electron chi connectivity index (χ2n) is 8.13. The molecule has 1 saturated carbocycles. The maximum Gasteiger partial charge on any atom is 0.266 e. The molecule has 3 fully saturated rings. The van der Waals surface area contributed by atoms with Crippen molar-refractivity contribution in [2.75, 3.05) is 54.4 Å². The molecule has 2 aliphatic heterocycles. The summed E-state index contributed by atoms with van der Waals surface area (Å²) in [5, 5.41) is 13.9. The van der Waals surface area contributed by atoms with Crippen LogP contribution >= 0.6 is 0 Å². The minimum absolute atomic E-state index is 0.146. The van der Waals surface area contributed by atoms with Gasteiger partial charge in [0.1, 0.15) is 11.6 Å². The fraction of sp³-hybridized carbons (Fsp3) is 0.667. The average molecular weight is 435 g/mol. The van der Waals surface area contributed by atoms with Gasteiger partial charge >= 0.3 is 0 Å². The van der Waals surface area contributed by atoms with Gasteiger partial charge in [-0.1, -0.05) is 20.3 Å². The van der Waals surface area contributed by atoms with Gasteiger partial charge in [-0.05, 0) is 12.8 Å². The van der Waals surface area contributed by atoms with Crippen LogP contribution in [0.3, 0.4) is 0 Å². The summed E-state index contributed by atoms with van der Waals surface area (Å²) >= 11 is 0. The Hall–Kier alpha value is -2.49. The van der Waals surface area contributed by atoms with Gasteiger partial charge in [-0.2, -0.15) is 15.1 Å². The molecule has 0 atom stereocenters. The van der Waals surface area contributed by atoms with Crippen molar-refractivity contribution in [1.29, 1.82) is 0 Å². The first kappa shape index (κ1) is 21.7. The summed E-state index contributed by atoms with van der Waals surface area (Å²) in [6.07, 6.45) is 3.48. The molecule has 0 spiro atoms. The van der Waals surface area contributed by atoms with Gasteiger partial charge in [-0.15, -0.1) is 0 Å². The number of piperazine rings is 1. The molecule has 5 rings (SSSR count). The lowest BCUT2D eigenvalue weighted by Crippen LogP contribution is -2.44. The first-order chi connectivity index (χ1) is 15.1. The largest absolute Gasteiger partial charge is 0.354 e. The molecule has 10 heteroatoms. The fourth-order valence-electron chi connectivity index (χ4n) is 4.07. The van der Waals surface area contributed by atoms with E-state index in [-0.39, 0.29) is 13.0 Å². The Balaban J connectivity index is 0.00000112. The lowest BCUT2D eigenvalue weighted by Gasteiger charge is -2.29. The van der Waals surface area contributed by atoms with Crippen molar-refractivity contribution in [3.8, 4) is 0 Å². The second kappa shape index (κ2) is 9.33. The predicted octanol–water partition coefficient (Wildman–Crippen LogP) is 3.49. The predicted molar refractivity (Wildman–Crippen MR) is 119 cm³/mol. The Bertz CT molecular complexity index is 861. The number of hydrogen-bond donors (Lipinski definition) is 3. The topological polar surface area (TPSA) is 85.0 Å². The summed E-state index contributed by atoms with van der Waals surface area (Å²) in [5.74, 6) is 0.202. The number of rotatable bonds is 5. The van der Waals surface area contributed by atoms with Crippen LogP contribution in [0.4, 0.5) is 32.2 Å². The van der Waals surface area contributed by atoms with Gasteiger partial charge in [-0.25, -0.2) is 8.78 Å². The van der Waals surface area contributed by atoms with Gasteiger partial charge in [0.25, 0.3) is 5.92 Å². The van der Waals surface area contributed by atoms with Crippen LogP contribution < -0.4 is 20.4 Å². The van der Waals surface area contributed by atoms with E-state index in [0.717, 1.165) is 37.7 Å². The van der Waals surface area contributed by atoms with Crippen molar-refractivity contribution in [3.05, 3.63) is 17.8 Å². The third kappa shape index (κ3) is 5.06. The first-order valence-electron chi connectivity index (χ1n) is 11.4. The molecule has 3 aliphatic rings. The van der Waals surface area contributed by atoms with Gasteiger partial charge < -0.3 is 20.4 Å². The third-order valence-corrected chi connectivity index (χ3v) is 6.02.